The van der Waals surface area contributed by atoms with E-state index in [2.05, 4.69) is 49.4 Å². The highest BCUT2D eigenvalue weighted by molar-refractivity contribution is 8.15. The van der Waals surface area contributed by atoms with E-state index in [0.29, 0.717) is 5.75 Å². The molecule has 6 rings (SSSR count). The number of para-hydroxylation sites is 1. The van der Waals surface area contributed by atoms with Crippen LogP contribution in [0.25, 0.3) is 22.6 Å². The van der Waals surface area contributed by atoms with Crippen molar-refractivity contribution < 1.29 is 4.79 Å². The molecule has 3 aromatic carbocycles. The maximum Gasteiger partial charge on any atom is 0.239 e. The molecule has 2 aliphatic heterocycles. The summed E-state index contributed by atoms with van der Waals surface area (Å²) in [6.07, 6.45) is 4.14. The van der Waals surface area contributed by atoms with Crippen LogP contribution >= 0.6 is 11.8 Å². The molecule has 1 saturated heterocycles. The number of rotatable bonds is 4. The van der Waals surface area contributed by atoms with Gasteiger partial charge in [0.25, 0.3) is 0 Å². The fourth-order valence-electron chi connectivity index (χ4n) is 4.35. The van der Waals surface area contributed by atoms with Gasteiger partial charge in [0.15, 0.2) is 5.17 Å². The third kappa shape index (κ3) is 3.66. The van der Waals surface area contributed by atoms with Gasteiger partial charge in [0.2, 0.25) is 5.91 Å². The van der Waals surface area contributed by atoms with E-state index >= 15 is 0 Å². The summed E-state index contributed by atoms with van der Waals surface area (Å²) in [4.78, 5) is 19.6. The van der Waals surface area contributed by atoms with Crippen LogP contribution in [-0.2, 0) is 4.79 Å². The molecule has 0 spiro atoms. The number of amidine groups is 1. The van der Waals surface area contributed by atoms with E-state index in [4.69, 9.17) is 10.1 Å². The molecule has 1 amide bonds. The topological polar surface area (TPSA) is 50.5 Å². The van der Waals surface area contributed by atoms with Gasteiger partial charge in [0, 0.05) is 17.3 Å². The van der Waals surface area contributed by atoms with Gasteiger partial charge in [-0.15, -0.1) is 0 Å². The standard InChI is InChI=1S/C28H22N4OS/c1-19-12-14-20(15-13-19)24-16-25(32-26(33)18-34-28(32)29-24)23-17-31(22-10-6-3-7-11-22)30-27(23)21-8-4-2-5-9-21/h2-17,25H,18H2,1H3. The zero-order chi connectivity index (χ0) is 23.1. The number of aromatic nitrogens is 2. The van der Waals surface area contributed by atoms with E-state index in [0.717, 1.165) is 38.9 Å². The Hall–Kier alpha value is -3.90. The van der Waals surface area contributed by atoms with Crippen LogP contribution in [0.15, 0.2) is 102 Å². The molecular weight excluding hydrogens is 440 g/mol. The van der Waals surface area contributed by atoms with Crippen molar-refractivity contribution in [1.82, 2.24) is 14.7 Å². The lowest BCUT2D eigenvalue weighted by Gasteiger charge is -2.29. The highest BCUT2D eigenvalue weighted by atomic mass is 32.2. The molecular formula is C28H22N4OS. The van der Waals surface area contributed by atoms with Crippen molar-refractivity contribution >= 4 is 28.5 Å². The molecule has 0 aliphatic carbocycles. The number of amides is 1. The zero-order valence-corrected chi connectivity index (χ0v) is 19.4. The molecule has 1 fully saturated rings. The molecule has 0 bridgehead atoms. The second-order valence-electron chi connectivity index (χ2n) is 8.39. The number of benzene rings is 3. The van der Waals surface area contributed by atoms with Gasteiger partial charge < -0.3 is 0 Å². The van der Waals surface area contributed by atoms with Gasteiger partial charge in [-0.05, 0) is 30.7 Å². The fraction of sp³-hybridized carbons (Fsp3) is 0.107. The summed E-state index contributed by atoms with van der Waals surface area (Å²) in [5.41, 5.74) is 6.94. The number of hydrogen-bond donors (Lipinski definition) is 0. The molecule has 34 heavy (non-hydrogen) atoms. The molecule has 3 heterocycles. The van der Waals surface area contributed by atoms with Crippen molar-refractivity contribution in [3.05, 3.63) is 114 Å². The molecule has 1 aromatic heterocycles. The monoisotopic (exact) mass is 462 g/mol. The van der Waals surface area contributed by atoms with Gasteiger partial charge in [0.1, 0.15) is 0 Å². The number of fused-ring (bicyclic) bond motifs is 1. The largest absolute Gasteiger partial charge is 0.279 e. The van der Waals surface area contributed by atoms with Crippen LogP contribution in [0.3, 0.4) is 0 Å². The minimum absolute atomic E-state index is 0.0689. The van der Waals surface area contributed by atoms with Crippen LogP contribution in [0.5, 0.6) is 0 Å². The maximum atomic E-state index is 13.0. The number of aryl methyl sites for hydroxylation is 1. The smallest absolute Gasteiger partial charge is 0.239 e. The Labute approximate surface area is 202 Å². The third-order valence-electron chi connectivity index (χ3n) is 6.09. The molecule has 4 aromatic rings. The van der Waals surface area contributed by atoms with E-state index in [9.17, 15) is 4.79 Å². The Morgan fingerprint density at radius 3 is 2.32 bits per heavy atom. The molecule has 1 atom stereocenters. The van der Waals surface area contributed by atoms with Crippen molar-refractivity contribution in [3.8, 4) is 16.9 Å². The van der Waals surface area contributed by atoms with E-state index in [1.807, 2.05) is 64.3 Å². The first-order valence-corrected chi connectivity index (χ1v) is 12.2. The Morgan fingerprint density at radius 1 is 0.882 bits per heavy atom. The molecule has 2 aliphatic rings. The molecule has 0 radical (unpaired) electrons. The van der Waals surface area contributed by atoms with Crippen LogP contribution in [0.2, 0.25) is 0 Å². The summed E-state index contributed by atoms with van der Waals surface area (Å²) >= 11 is 1.50. The van der Waals surface area contributed by atoms with Gasteiger partial charge in [-0.2, -0.15) is 5.10 Å². The number of carbonyl (C=O) groups is 1. The highest BCUT2D eigenvalue weighted by Crippen LogP contribution is 2.41. The van der Waals surface area contributed by atoms with Crippen molar-refractivity contribution in [2.24, 2.45) is 4.99 Å². The van der Waals surface area contributed by atoms with Crippen LogP contribution in [0, 0.1) is 6.92 Å². The molecule has 1 unspecified atom stereocenters. The minimum atomic E-state index is -0.293. The first-order valence-electron chi connectivity index (χ1n) is 11.2. The number of hydrogen-bond acceptors (Lipinski definition) is 4. The first-order chi connectivity index (χ1) is 16.7. The van der Waals surface area contributed by atoms with E-state index in [-0.39, 0.29) is 11.9 Å². The van der Waals surface area contributed by atoms with Gasteiger partial charge in [0.05, 0.1) is 28.9 Å². The lowest BCUT2D eigenvalue weighted by molar-refractivity contribution is -0.125. The Kier molecular flexibility index (Phi) is 5.15. The van der Waals surface area contributed by atoms with E-state index in [1.165, 1.54) is 17.3 Å². The SMILES string of the molecule is Cc1ccc(C2=CC(c3cn(-c4ccccc4)nc3-c3ccccc3)N3C(=O)CSC3=N2)cc1. The second-order valence-corrected chi connectivity index (χ2v) is 9.33. The predicted molar refractivity (Wildman–Crippen MR) is 138 cm³/mol. The van der Waals surface area contributed by atoms with Crippen LogP contribution in [-0.4, -0.2) is 31.5 Å². The normalized spacial score (nSPS) is 17.4. The maximum absolute atomic E-state index is 13.0. The van der Waals surface area contributed by atoms with Crippen molar-refractivity contribution in [1.29, 1.82) is 0 Å². The first kappa shape index (κ1) is 20.7. The summed E-state index contributed by atoms with van der Waals surface area (Å²) in [7, 11) is 0. The molecule has 166 valence electrons. The quantitative estimate of drug-likeness (QED) is 0.381. The summed E-state index contributed by atoms with van der Waals surface area (Å²) in [6.45, 7) is 2.07. The van der Waals surface area contributed by atoms with Crippen molar-refractivity contribution in [2.75, 3.05) is 5.75 Å². The number of thioether (sulfide) groups is 1. The Bertz CT molecular complexity index is 1420. The fourth-order valence-corrected chi connectivity index (χ4v) is 5.26. The highest BCUT2D eigenvalue weighted by Gasteiger charge is 2.39. The molecule has 6 heteroatoms. The molecule has 0 saturated carbocycles. The summed E-state index contributed by atoms with van der Waals surface area (Å²) in [5.74, 6) is 0.470. The predicted octanol–water partition coefficient (Wildman–Crippen LogP) is 5.87. The van der Waals surface area contributed by atoms with Gasteiger partial charge in [-0.3, -0.25) is 9.69 Å². The average Bonchev–Trinajstić information content (AvgIpc) is 3.49. The lowest BCUT2D eigenvalue weighted by Crippen LogP contribution is -2.35. The second kappa shape index (κ2) is 8.47. The van der Waals surface area contributed by atoms with Crippen molar-refractivity contribution in [3.63, 3.8) is 0 Å². The van der Waals surface area contributed by atoms with Gasteiger partial charge in [-0.1, -0.05) is 90.1 Å². The summed E-state index contributed by atoms with van der Waals surface area (Å²) in [6, 6.07) is 28.3. The van der Waals surface area contributed by atoms with Crippen LogP contribution in [0.4, 0.5) is 0 Å². The lowest BCUT2D eigenvalue weighted by atomic mass is 9.98. The van der Waals surface area contributed by atoms with Gasteiger partial charge in [-0.25, -0.2) is 9.67 Å². The number of aliphatic imine (C=N–C) groups is 1. The van der Waals surface area contributed by atoms with E-state index < -0.39 is 0 Å². The number of nitrogens with zero attached hydrogens (tertiary/aromatic N) is 4. The summed E-state index contributed by atoms with van der Waals surface area (Å²) in [5, 5.41) is 5.73. The van der Waals surface area contributed by atoms with E-state index in [1.54, 1.807) is 0 Å². The molecule has 5 nitrogen and oxygen atoms in total. The Morgan fingerprint density at radius 2 is 1.59 bits per heavy atom. The summed E-state index contributed by atoms with van der Waals surface area (Å²) < 4.78 is 1.90. The van der Waals surface area contributed by atoms with Crippen LogP contribution in [0.1, 0.15) is 22.7 Å². The van der Waals surface area contributed by atoms with Gasteiger partial charge >= 0.3 is 0 Å². The van der Waals surface area contributed by atoms with Crippen molar-refractivity contribution in [2.45, 2.75) is 13.0 Å². The molecule has 0 N–H and O–H groups in total. The zero-order valence-electron chi connectivity index (χ0n) is 18.6. The number of carbonyl (C=O) groups excluding carboxylic acids is 1. The average molecular weight is 463 g/mol. The third-order valence-corrected chi connectivity index (χ3v) is 7.02. The minimum Gasteiger partial charge on any atom is -0.279 e. The van der Waals surface area contributed by atoms with Crippen LogP contribution < -0.4 is 0 Å². The Balaban J connectivity index is 1.54.